The van der Waals surface area contributed by atoms with Crippen LogP contribution in [-0.4, -0.2) is 19.6 Å². The SMILES string of the molecule is C(=C\c1ccccn1)/c1ccc2ncnn2c1. The summed E-state index contributed by atoms with van der Waals surface area (Å²) < 4.78 is 1.75. The van der Waals surface area contributed by atoms with Crippen molar-refractivity contribution in [2.75, 3.05) is 0 Å². The van der Waals surface area contributed by atoms with Gasteiger partial charge in [-0.05, 0) is 35.9 Å². The van der Waals surface area contributed by atoms with Gasteiger partial charge < -0.3 is 0 Å². The van der Waals surface area contributed by atoms with Crippen molar-refractivity contribution in [3.8, 4) is 0 Å². The second-order valence-electron chi connectivity index (χ2n) is 3.61. The first-order valence-electron chi connectivity index (χ1n) is 5.30. The Bertz CT molecular complexity index is 655. The maximum Gasteiger partial charge on any atom is 0.155 e. The average Bonchev–Trinajstić information content (AvgIpc) is 2.85. The summed E-state index contributed by atoms with van der Waals surface area (Å²) in [5.41, 5.74) is 2.85. The molecular weight excluding hydrogens is 212 g/mol. The number of fused-ring (bicyclic) bond motifs is 1. The van der Waals surface area contributed by atoms with E-state index in [1.807, 2.05) is 48.7 Å². The van der Waals surface area contributed by atoms with Crippen LogP contribution in [-0.2, 0) is 0 Å². The molecule has 0 unspecified atom stereocenters. The molecule has 4 heteroatoms. The van der Waals surface area contributed by atoms with Crippen molar-refractivity contribution >= 4 is 17.8 Å². The van der Waals surface area contributed by atoms with Gasteiger partial charge in [0.15, 0.2) is 5.65 Å². The lowest BCUT2D eigenvalue weighted by Gasteiger charge is -1.95. The van der Waals surface area contributed by atoms with Crippen LogP contribution in [0, 0.1) is 0 Å². The molecule has 3 aromatic rings. The van der Waals surface area contributed by atoms with E-state index in [1.54, 1.807) is 17.0 Å². The smallest absolute Gasteiger partial charge is 0.155 e. The maximum atomic E-state index is 4.22. The maximum absolute atomic E-state index is 4.22. The summed E-state index contributed by atoms with van der Waals surface area (Å²) in [5.74, 6) is 0. The molecule has 17 heavy (non-hydrogen) atoms. The van der Waals surface area contributed by atoms with Crippen LogP contribution < -0.4 is 0 Å². The molecule has 3 rings (SSSR count). The molecule has 0 saturated carbocycles. The van der Waals surface area contributed by atoms with E-state index in [4.69, 9.17) is 0 Å². The van der Waals surface area contributed by atoms with E-state index in [1.165, 1.54) is 0 Å². The zero-order valence-corrected chi connectivity index (χ0v) is 9.06. The molecule has 0 atom stereocenters. The molecule has 0 aromatic carbocycles. The van der Waals surface area contributed by atoms with Crippen LogP contribution in [0.15, 0.2) is 49.1 Å². The molecule has 0 fully saturated rings. The third-order valence-electron chi connectivity index (χ3n) is 2.43. The van der Waals surface area contributed by atoms with Crippen molar-refractivity contribution in [3.63, 3.8) is 0 Å². The van der Waals surface area contributed by atoms with Crippen LogP contribution in [0.25, 0.3) is 17.8 Å². The minimum absolute atomic E-state index is 0.847. The summed E-state index contributed by atoms with van der Waals surface area (Å²) in [6.45, 7) is 0. The standard InChI is InChI=1S/C13H10N4/c1-2-8-14-12(3-1)6-4-11-5-7-13-15-10-16-17(13)9-11/h1-10H/b6-4+. The number of rotatable bonds is 2. The second kappa shape index (κ2) is 4.17. The van der Waals surface area contributed by atoms with Crippen LogP contribution in [0.5, 0.6) is 0 Å². The number of aromatic nitrogens is 4. The first-order valence-corrected chi connectivity index (χ1v) is 5.30. The van der Waals surface area contributed by atoms with Gasteiger partial charge in [-0.25, -0.2) is 9.50 Å². The molecule has 0 amide bonds. The van der Waals surface area contributed by atoms with Crippen LogP contribution in [0.1, 0.15) is 11.3 Å². The summed E-state index contributed by atoms with van der Waals surface area (Å²) in [6.07, 6.45) is 9.23. The topological polar surface area (TPSA) is 43.1 Å². The molecule has 0 bridgehead atoms. The lowest BCUT2D eigenvalue weighted by molar-refractivity contribution is 0.959. The van der Waals surface area contributed by atoms with E-state index in [0.717, 1.165) is 16.9 Å². The Balaban J connectivity index is 1.92. The fourth-order valence-electron chi connectivity index (χ4n) is 1.59. The predicted molar refractivity (Wildman–Crippen MR) is 66.2 cm³/mol. The molecule has 3 aromatic heterocycles. The van der Waals surface area contributed by atoms with E-state index in [-0.39, 0.29) is 0 Å². The molecular formula is C13H10N4. The number of hydrogen-bond donors (Lipinski definition) is 0. The fourth-order valence-corrected chi connectivity index (χ4v) is 1.59. The van der Waals surface area contributed by atoms with E-state index < -0.39 is 0 Å². The van der Waals surface area contributed by atoms with Crippen molar-refractivity contribution in [2.45, 2.75) is 0 Å². The van der Waals surface area contributed by atoms with E-state index in [2.05, 4.69) is 15.1 Å². The fraction of sp³-hybridized carbons (Fsp3) is 0. The Hall–Kier alpha value is -2.49. The van der Waals surface area contributed by atoms with Gasteiger partial charge in [0.2, 0.25) is 0 Å². The summed E-state index contributed by atoms with van der Waals surface area (Å²) in [7, 11) is 0. The highest BCUT2D eigenvalue weighted by molar-refractivity contribution is 5.68. The highest BCUT2D eigenvalue weighted by Gasteiger charge is 1.94. The summed E-state index contributed by atoms with van der Waals surface area (Å²) >= 11 is 0. The molecule has 82 valence electrons. The van der Waals surface area contributed by atoms with Crippen molar-refractivity contribution in [3.05, 3.63) is 60.3 Å². The van der Waals surface area contributed by atoms with Crippen molar-refractivity contribution in [2.24, 2.45) is 0 Å². The number of hydrogen-bond acceptors (Lipinski definition) is 3. The van der Waals surface area contributed by atoms with Gasteiger partial charge in [0, 0.05) is 12.4 Å². The van der Waals surface area contributed by atoms with Gasteiger partial charge in [0.05, 0.1) is 5.69 Å². The van der Waals surface area contributed by atoms with Gasteiger partial charge >= 0.3 is 0 Å². The van der Waals surface area contributed by atoms with Gasteiger partial charge in [-0.1, -0.05) is 12.1 Å². The lowest BCUT2D eigenvalue weighted by Crippen LogP contribution is -1.87. The molecule has 0 radical (unpaired) electrons. The molecule has 4 nitrogen and oxygen atoms in total. The average molecular weight is 222 g/mol. The summed E-state index contributed by atoms with van der Waals surface area (Å²) in [6, 6.07) is 9.77. The third kappa shape index (κ3) is 2.06. The van der Waals surface area contributed by atoms with Gasteiger partial charge in [-0.15, -0.1) is 0 Å². The highest BCUT2D eigenvalue weighted by atomic mass is 15.3. The largest absolute Gasteiger partial charge is 0.257 e. The summed E-state index contributed by atoms with van der Waals surface area (Å²) in [5, 5.41) is 4.09. The zero-order valence-electron chi connectivity index (χ0n) is 9.06. The van der Waals surface area contributed by atoms with Crippen LogP contribution in [0.2, 0.25) is 0 Å². The zero-order chi connectivity index (χ0) is 11.5. The third-order valence-corrected chi connectivity index (χ3v) is 2.43. The lowest BCUT2D eigenvalue weighted by atomic mass is 10.2. The minimum Gasteiger partial charge on any atom is -0.257 e. The quantitative estimate of drug-likeness (QED) is 0.668. The Morgan fingerprint density at radius 2 is 2.00 bits per heavy atom. The normalized spacial score (nSPS) is 11.3. The number of nitrogens with zero attached hydrogens (tertiary/aromatic N) is 4. The first kappa shape index (κ1) is 9.72. The van der Waals surface area contributed by atoms with Gasteiger partial charge in [0.1, 0.15) is 6.33 Å². The van der Waals surface area contributed by atoms with Crippen molar-refractivity contribution < 1.29 is 0 Å². The van der Waals surface area contributed by atoms with Crippen molar-refractivity contribution in [1.29, 1.82) is 0 Å². The van der Waals surface area contributed by atoms with Crippen LogP contribution in [0.3, 0.4) is 0 Å². The monoisotopic (exact) mass is 222 g/mol. The predicted octanol–water partition coefficient (Wildman–Crippen LogP) is 2.29. The van der Waals surface area contributed by atoms with Gasteiger partial charge in [0.25, 0.3) is 0 Å². The van der Waals surface area contributed by atoms with Crippen molar-refractivity contribution in [1.82, 2.24) is 19.6 Å². The molecule has 0 saturated heterocycles. The van der Waals surface area contributed by atoms with Gasteiger partial charge in [-0.2, -0.15) is 5.10 Å². The Morgan fingerprint density at radius 1 is 1.00 bits per heavy atom. The Morgan fingerprint density at radius 3 is 2.88 bits per heavy atom. The summed E-state index contributed by atoms with van der Waals surface area (Å²) in [4.78, 5) is 8.32. The molecule has 0 N–H and O–H groups in total. The van der Waals surface area contributed by atoms with E-state index in [0.29, 0.717) is 0 Å². The molecule has 0 spiro atoms. The van der Waals surface area contributed by atoms with E-state index >= 15 is 0 Å². The minimum atomic E-state index is 0.847. The highest BCUT2D eigenvalue weighted by Crippen LogP contribution is 2.07. The van der Waals surface area contributed by atoms with Crippen LogP contribution >= 0.6 is 0 Å². The first-order chi connectivity index (χ1) is 8.42. The molecule has 0 aliphatic carbocycles. The Labute approximate surface area is 98.3 Å². The molecule has 3 heterocycles. The molecule has 0 aliphatic rings. The second-order valence-corrected chi connectivity index (χ2v) is 3.61. The molecule has 0 aliphatic heterocycles. The van der Waals surface area contributed by atoms with E-state index in [9.17, 15) is 0 Å². The Kier molecular flexibility index (Phi) is 2.38. The van der Waals surface area contributed by atoms with Gasteiger partial charge in [-0.3, -0.25) is 4.98 Å². The number of pyridine rings is 2. The van der Waals surface area contributed by atoms with Crippen LogP contribution in [0.4, 0.5) is 0 Å².